The topological polar surface area (TPSA) is 28.2 Å². The Morgan fingerprint density at radius 3 is 2.42 bits per heavy atom. The summed E-state index contributed by atoms with van der Waals surface area (Å²) in [5, 5.41) is 4.14. The number of nitrogens with zero attached hydrogens (tertiary/aromatic N) is 2. The minimum absolute atomic E-state index is 0.454. The molecule has 3 nitrogen and oxygen atoms in total. The van der Waals surface area contributed by atoms with Crippen LogP contribution in [0.15, 0.2) is 12.3 Å². The first-order valence-corrected chi connectivity index (χ1v) is 7.59. The second kappa shape index (κ2) is 8.39. The summed E-state index contributed by atoms with van der Waals surface area (Å²) in [4.78, 5) is 6.80. The Bertz CT molecular complexity index is 374. The Labute approximate surface area is 122 Å². The van der Waals surface area contributed by atoms with Crippen LogP contribution in [0, 0.1) is 0 Å². The maximum atomic E-state index is 6.22. The highest BCUT2D eigenvalue weighted by Gasteiger charge is 2.09. The molecular weight excluding hydrogens is 258 g/mol. The molecule has 1 N–H and O–H groups in total. The average molecular weight is 284 g/mol. The van der Waals surface area contributed by atoms with E-state index in [1.54, 1.807) is 6.20 Å². The minimum atomic E-state index is 0.454. The molecule has 108 valence electrons. The fourth-order valence-corrected chi connectivity index (χ4v) is 2.14. The highest BCUT2D eigenvalue weighted by Crippen LogP contribution is 2.21. The molecule has 0 bridgehead atoms. The molecule has 1 aromatic rings. The molecular formula is C15H26ClN3. The highest BCUT2D eigenvalue weighted by atomic mass is 35.5. The zero-order chi connectivity index (χ0) is 14.3. The van der Waals surface area contributed by atoms with E-state index in [0.29, 0.717) is 6.04 Å². The average Bonchev–Trinajstić information content (AvgIpc) is 2.37. The first-order valence-electron chi connectivity index (χ1n) is 7.21. The molecule has 1 aromatic heterocycles. The summed E-state index contributed by atoms with van der Waals surface area (Å²) in [5.41, 5.74) is 1.12. The van der Waals surface area contributed by atoms with Crippen LogP contribution in [0.25, 0.3) is 0 Å². The summed E-state index contributed by atoms with van der Waals surface area (Å²) in [6, 6.07) is 2.57. The number of pyridine rings is 1. The molecule has 0 amide bonds. The van der Waals surface area contributed by atoms with E-state index in [2.05, 4.69) is 49.0 Å². The van der Waals surface area contributed by atoms with E-state index in [4.69, 9.17) is 11.6 Å². The van der Waals surface area contributed by atoms with Crippen LogP contribution in [0.5, 0.6) is 0 Å². The lowest BCUT2D eigenvalue weighted by atomic mass is 10.2. The van der Waals surface area contributed by atoms with Crippen LogP contribution in [0.4, 0.5) is 5.82 Å². The van der Waals surface area contributed by atoms with Gasteiger partial charge in [-0.1, -0.05) is 39.3 Å². The molecule has 0 radical (unpaired) electrons. The van der Waals surface area contributed by atoms with Crippen LogP contribution in [0.2, 0.25) is 5.02 Å². The number of rotatable bonds is 8. The monoisotopic (exact) mass is 283 g/mol. The molecule has 0 aliphatic rings. The number of hydrogen-bond donors (Lipinski definition) is 1. The van der Waals surface area contributed by atoms with Crippen molar-refractivity contribution in [2.24, 2.45) is 0 Å². The largest absolute Gasteiger partial charge is 0.357 e. The van der Waals surface area contributed by atoms with Crippen molar-refractivity contribution in [3.05, 3.63) is 22.8 Å². The van der Waals surface area contributed by atoms with Gasteiger partial charge in [0, 0.05) is 31.9 Å². The number of halogens is 1. The van der Waals surface area contributed by atoms with Crippen molar-refractivity contribution in [2.45, 2.75) is 53.1 Å². The third-order valence-electron chi connectivity index (χ3n) is 2.93. The summed E-state index contributed by atoms with van der Waals surface area (Å²) in [5.74, 6) is 1.04. The minimum Gasteiger partial charge on any atom is -0.357 e. The Hall–Kier alpha value is -0.800. The molecule has 1 rings (SSSR count). The maximum absolute atomic E-state index is 6.22. The third kappa shape index (κ3) is 5.37. The van der Waals surface area contributed by atoms with Crippen LogP contribution >= 0.6 is 11.6 Å². The molecule has 0 spiro atoms. The summed E-state index contributed by atoms with van der Waals surface area (Å²) in [7, 11) is 0. The van der Waals surface area contributed by atoms with Gasteiger partial charge >= 0.3 is 0 Å². The van der Waals surface area contributed by atoms with Crippen LogP contribution in [0.1, 0.15) is 46.1 Å². The summed E-state index contributed by atoms with van der Waals surface area (Å²) >= 11 is 6.22. The SMILES string of the molecule is CCCN(CCC)c1cc(CNC(C)C)c(Cl)cn1. The van der Waals surface area contributed by atoms with Gasteiger partial charge in [0.15, 0.2) is 0 Å². The zero-order valence-corrected chi connectivity index (χ0v) is 13.3. The molecule has 0 saturated heterocycles. The smallest absolute Gasteiger partial charge is 0.128 e. The van der Waals surface area contributed by atoms with E-state index in [9.17, 15) is 0 Å². The van der Waals surface area contributed by atoms with E-state index in [0.717, 1.165) is 48.9 Å². The molecule has 19 heavy (non-hydrogen) atoms. The Balaban J connectivity index is 2.85. The van der Waals surface area contributed by atoms with Crippen molar-refractivity contribution >= 4 is 17.4 Å². The number of hydrogen-bond acceptors (Lipinski definition) is 3. The third-order valence-corrected chi connectivity index (χ3v) is 3.27. The second-order valence-electron chi connectivity index (χ2n) is 5.16. The Kier molecular flexibility index (Phi) is 7.17. The van der Waals surface area contributed by atoms with Gasteiger partial charge in [0.1, 0.15) is 5.82 Å². The lowest BCUT2D eigenvalue weighted by molar-refractivity contribution is 0.588. The lowest BCUT2D eigenvalue weighted by Crippen LogP contribution is -2.26. The van der Waals surface area contributed by atoms with E-state index in [1.807, 2.05) is 0 Å². The number of anilines is 1. The fraction of sp³-hybridized carbons (Fsp3) is 0.667. The predicted octanol–water partition coefficient (Wildman–Crippen LogP) is 3.86. The standard InChI is InChI=1S/C15H26ClN3/c1-5-7-19(8-6-2)15-9-13(10-17-12(3)4)14(16)11-18-15/h9,11-12,17H,5-8,10H2,1-4H3. The molecule has 0 unspecified atom stereocenters. The van der Waals surface area contributed by atoms with Crippen molar-refractivity contribution in [1.29, 1.82) is 0 Å². The summed E-state index contributed by atoms with van der Waals surface area (Å²) < 4.78 is 0. The van der Waals surface area contributed by atoms with Crippen LogP contribution in [-0.2, 0) is 6.54 Å². The van der Waals surface area contributed by atoms with Gasteiger partial charge in [-0.25, -0.2) is 4.98 Å². The number of nitrogens with one attached hydrogen (secondary N) is 1. The zero-order valence-electron chi connectivity index (χ0n) is 12.5. The molecule has 0 aliphatic carbocycles. The van der Waals surface area contributed by atoms with Crippen molar-refractivity contribution < 1.29 is 0 Å². The molecule has 1 heterocycles. The first kappa shape index (κ1) is 16.3. The molecule has 0 saturated carbocycles. The van der Waals surface area contributed by atoms with Gasteiger partial charge in [0.05, 0.1) is 5.02 Å². The lowest BCUT2D eigenvalue weighted by Gasteiger charge is -2.23. The predicted molar refractivity (Wildman–Crippen MR) is 84.0 cm³/mol. The molecule has 0 fully saturated rings. The van der Waals surface area contributed by atoms with Crippen LogP contribution in [0.3, 0.4) is 0 Å². The summed E-state index contributed by atoms with van der Waals surface area (Å²) in [6.45, 7) is 11.5. The van der Waals surface area contributed by atoms with Gasteiger partial charge in [0.2, 0.25) is 0 Å². The first-order chi connectivity index (χ1) is 9.08. The Morgan fingerprint density at radius 2 is 1.89 bits per heavy atom. The van der Waals surface area contributed by atoms with Crippen molar-refractivity contribution in [1.82, 2.24) is 10.3 Å². The molecule has 0 atom stereocenters. The van der Waals surface area contributed by atoms with Crippen molar-refractivity contribution in [3.8, 4) is 0 Å². The molecule has 0 aromatic carbocycles. The van der Waals surface area contributed by atoms with E-state index < -0.39 is 0 Å². The van der Waals surface area contributed by atoms with Crippen LogP contribution < -0.4 is 10.2 Å². The summed E-state index contributed by atoms with van der Waals surface area (Å²) in [6.07, 6.45) is 4.03. The molecule has 0 aliphatic heterocycles. The number of aromatic nitrogens is 1. The normalized spacial score (nSPS) is 11.1. The quantitative estimate of drug-likeness (QED) is 0.785. The van der Waals surface area contributed by atoms with E-state index >= 15 is 0 Å². The van der Waals surface area contributed by atoms with E-state index in [1.165, 1.54) is 0 Å². The Morgan fingerprint density at radius 1 is 1.26 bits per heavy atom. The maximum Gasteiger partial charge on any atom is 0.128 e. The van der Waals surface area contributed by atoms with Crippen LogP contribution in [-0.4, -0.2) is 24.1 Å². The van der Waals surface area contributed by atoms with E-state index in [-0.39, 0.29) is 0 Å². The fourth-order valence-electron chi connectivity index (χ4n) is 1.97. The van der Waals surface area contributed by atoms with Gasteiger partial charge in [0.25, 0.3) is 0 Å². The van der Waals surface area contributed by atoms with Gasteiger partial charge in [-0.2, -0.15) is 0 Å². The highest BCUT2D eigenvalue weighted by molar-refractivity contribution is 6.31. The molecule has 4 heteroatoms. The van der Waals surface area contributed by atoms with Gasteiger partial charge < -0.3 is 10.2 Å². The van der Waals surface area contributed by atoms with Gasteiger partial charge in [-0.05, 0) is 24.5 Å². The van der Waals surface area contributed by atoms with Crippen molar-refractivity contribution in [3.63, 3.8) is 0 Å². The van der Waals surface area contributed by atoms with Gasteiger partial charge in [-0.3, -0.25) is 0 Å². The van der Waals surface area contributed by atoms with Crippen molar-refractivity contribution in [2.75, 3.05) is 18.0 Å². The van der Waals surface area contributed by atoms with Gasteiger partial charge in [-0.15, -0.1) is 0 Å². The second-order valence-corrected chi connectivity index (χ2v) is 5.56.